The van der Waals surface area contributed by atoms with Crippen LogP contribution in [0, 0.1) is 0 Å². The van der Waals surface area contributed by atoms with Gasteiger partial charge < -0.3 is 10.2 Å². The van der Waals surface area contributed by atoms with Gasteiger partial charge in [-0.3, -0.25) is 4.98 Å². The maximum atomic E-state index is 4.28. The number of nitrogens with one attached hydrogen (secondary N) is 1. The minimum Gasteiger partial charge on any atom is -0.387 e. The fourth-order valence-electron chi connectivity index (χ4n) is 1.94. The van der Waals surface area contributed by atoms with Crippen molar-refractivity contribution in [1.82, 2.24) is 4.98 Å². The molecule has 0 fully saturated rings. The van der Waals surface area contributed by atoms with Gasteiger partial charge in [-0.05, 0) is 26.3 Å². The molecule has 0 aliphatic carbocycles. The Morgan fingerprint density at radius 3 is 2.65 bits per heavy atom. The lowest BCUT2D eigenvalue weighted by molar-refractivity contribution is 0.625. The van der Waals surface area contributed by atoms with Crippen molar-refractivity contribution >= 4 is 11.4 Å². The van der Waals surface area contributed by atoms with Crippen molar-refractivity contribution in [2.45, 2.75) is 46.1 Å². The summed E-state index contributed by atoms with van der Waals surface area (Å²) in [6.07, 6.45) is 7.61. The highest BCUT2D eigenvalue weighted by molar-refractivity contribution is 5.55. The number of hydrogen-bond donors (Lipinski definition) is 1. The molecule has 96 valence electrons. The molecule has 0 aliphatic heterocycles. The zero-order chi connectivity index (χ0) is 12.7. The number of unbranched alkanes of at least 4 members (excludes halogenated alkanes) is 2. The van der Waals surface area contributed by atoms with Crippen molar-refractivity contribution in [3.05, 3.63) is 18.5 Å². The van der Waals surface area contributed by atoms with Crippen LogP contribution in [-0.4, -0.2) is 24.6 Å². The summed E-state index contributed by atoms with van der Waals surface area (Å²) in [6, 6.07) is 2.68. The van der Waals surface area contributed by atoms with Crippen LogP contribution in [-0.2, 0) is 0 Å². The molecular weight excluding hydrogens is 210 g/mol. The van der Waals surface area contributed by atoms with Crippen molar-refractivity contribution in [3.8, 4) is 0 Å². The van der Waals surface area contributed by atoms with Crippen LogP contribution >= 0.6 is 0 Å². The van der Waals surface area contributed by atoms with E-state index in [0.29, 0.717) is 6.04 Å². The normalized spacial score (nSPS) is 10.6. The Morgan fingerprint density at radius 2 is 2.06 bits per heavy atom. The lowest BCUT2D eigenvalue weighted by Crippen LogP contribution is -2.31. The number of rotatable bonds is 7. The van der Waals surface area contributed by atoms with E-state index in [4.69, 9.17) is 0 Å². The van der Waals surface area contributed by atoms with E-state index in [1.807, 2.05) is 19.4 Å². The average molecular weight is 235 g/mol. The molecule has 0 unspecified atom stereocenters. The fourth-order valence-corrected chi connectivity index (χ4v) is 1.94. The van der Waals surface area contributed by atoms with Crippen molar-refractivity contribution in [3.63, 3.8) is 0 Å². The standard InChI is InChI=1S/C14H25N3/c1-5-6-7-8-17(12(2)3)14-9-13(15-4)10-16-11-14/h9-12,15H,5-8H2,1-4H3. The topological polar surface area (TPSA) is 28.2 Å². The van der Waals surface area contributed by atoms with E-state index in [1.165, 1.54) is 24.9 Å². The van der Waals surface area contributed by atoms with Gasteiger partial charge in [0.05, 0.1) is 23.8 Å². The van der Waals surface area contributed by atoms with Gasteiger partial charge in [-0.25, -0.2) is 0 Å². The maximum absolute atomic E-state index is 4.28. The molecule has 3 nitrogen and oxygen atoms in total. The molecule has 1 aromatic rings. The van der Waals surface area contributed by atoms with Crippen LogP contribution in [0.15, 0.2) is 18.5 Å². The molecule has 0 saturated carbocycles. The van der Waals surface area contributed by atoms with Gasteiger partial charge in [0.1, 0.15) is 0 Å². The van der Waals surface area contributed by atoms with Gasteiger partial charge in [0.2, 0.25) is 0 Å². The third-order valence-electron chi connectivity index (χ3n) is 2.97. The largest absolute Gasteiger partial charge is 0.387 e. The Balaban J connectivity index is 2.74. The Morgan fingerprint density at radius 1 is 1.29 bits per heavy atom. The van der Waals surface area contributed by atoms with Gasteiger partial charge in [0.25, 0.3) is 0 Å². The summed E-state index contributed by atoms with van der Waals surface area (Å²) in [6.45, 7) is 7.82. The second kappa shape index (κ2) is 7.15. The van der Waals surface area contributed by atoms with Crippen LogP contribution in [0.2, 0.25) is 0 Å². The van der Waals surface area contributed by atoms with Crippen LogP contribution in [0.4, 0.5) is 11.4 Å². The predicted molar refractivity (Wildman–Crippen MR) is 75.8 cm³/mol. The van der Waals surface area contributed by atoms with E-state index in [1.54, 1.807) is 0 Å². The van der Waals surface area contributed by atoms with Gasteiger partial charge in [0, 0.05) is 19.6 Å². The summed E-state index contributed by atoms with van der Waals surface area (Å²) >= 11 is 0. The molecule has 0 atom stereocenters. The Hall–Kier alpha value is -1.25. The van der Waals surface area contributed by atoms with E-state index in [2.05, 4.69) is 42.0 Å². The molecule has 0 bridgehead atoms. The Kier molecular flexibility index (Phi) is 5.81. The Bertz CT molecular complexity index is 323. The van der Waals surface area contributed by atoms with Gasteiger partial charge in [-0.2, -0.15) is 0 Å². The first-order chi connectivity index (χ1) is 8.19. The highest BCUT2D eigenvalue weighted by Crippen LogP contribution is 2.20. The molecular formula is C14H25N3. The lowest BCUT2D eigenvalue weighted by Gasteiger charge is -2.29. The molecule has 0 saturated heterocycles. The molecule has 0 spiro atoms. The molecule has 1 heterocycles. The van der Waals surface area contributed by atoms with E-state index < -0.39 is 0 Å². The first-order valence-electron chi connectivity index (χ1n) is 6.58. The summed E-state index contributed by atoms with van der Waals surface area (Å²) in [7, 11) is 1.93. The molecule has 0 aliphatic rings. The molecule has 3 heteroatoms. The third kappa shape index (κ3) is 4.25. The van der Waals surface area contributed by atoms with Crippen molar-refractivity contribution in [1.29, 1.82) is 0 Å². The summed E-state index contributed by atoms with van der Waals surface area (Å²) in [5.41, 5.74) is 2.28. The van der Waals surface area contributed by atoms with Crippen LogP contribution in [0.5, 0.6) is 0 Å². The van der Waals surface area contributed by atoms with E-state index >= 15 is 0 Å². The van der Waals surface area contributed by atoms with E-state index in [9.17, 15) is 0 Å². The van der Waals surface area contributed by atoms with E-state index in [-0.39, 0.29) is 0 Å². The molecule has 0 radical (unpaired) electrons. The zero-order valence-corrected chi connectivity index (χ0v) is 11.5. The number of hydrogen-bond acceptors (Lipinski definition) is 3. The highest BCUT2D eigenvalue weighted by Gasteiger charge is 2.10. The average Bonchev–Trinajstić information content (AvgIpc) is 2.34. The van der Waals surface area contributed by atoms with Gasteiger partial charge in [-0.15, -0.1) is 0 Å². The summed E-state index contributed by atoms with van der Waals surface area (Å²) in [4.78, 5) is 6.70. The monoisotopic (exact) mass is 235 g/mol. The lowest BCUT2D eigenvalue weighted by atomic mass is 10.2. The summed E-state index contributed by atoms with van der Waals surface area (Å²) in [5, 5.41) is 3.14. The smallest absolute Gasteiger partial charge is 0.0575 e. The third-order valence-corrected chi connectivity index (χ3v) is 2.97. The van der Waals surface area contributed by atoms with Crippen LogP contribution < -0.4 is 10.2 Å². The quantitative estimate of drug-likeness (QED) is 0.733. The molecule has 1 aromatic heterocycles. The van der Waals surface area contributed by atoms with Crippen molar-refractivity contribution < 1.29 is 0 Å². The van der Waals surface area contributed by atoms with Crippen molar-refractivity contribution in [2.75, 3.05) is 23.8 Å². The van der Waals surface area contributed by atoms with Gasteiger partial charge >= 0.3 is 0 Å². The van der Waals surface area contributed by atoms with Gasteiger partial charge in [0.15, 0.2) is 0 Å². The van der Waals surface area contributed by atoms with Crippen LogP contribution in [0.25, 0.3) is 0 Å². The molecule has 0 amide bonds. The predicted octanol–water partition coefficient (Wildman–Crippen LogP) is 3.53. The summed E-state index contributed by atoms with van der Waals surface area (Å²) in [5.74, 6) is 0. The number of pyridine rings is 1. The Labute approximate surface area is 105 Å². The molecule has 1 N–H and O–H groups in total. The second-order valence-electron chi connectivity index (χ2n) is 4.68. The fraction of sp³-hybridized carbons (Fsp3) is 0.643. The maximum Gasteiger partial charge on any atom is 0.0575 e. The first kappa shape index (κ1) is 13.8. The highest BCUT2D eigenvalue weighted by atomic mass is 15.2. The first-order valence-corrected chi connectivity index (χ1v) is 6.58. The van der Waals surface area contributed by atoms with Crippen LogP contribution in [0.1, 0.15) is 40.0 Å². The minimum absolute atomic E-state index is 0.515. The van der Waals surface area contributed by atoms with Crippen molar-refractivity contribution in [2.24, 2.45) is 0 Å². The molecule has 17 heavy (non-hydrogen) atoms. The summed E-state index contributed by atoms with van der Waals surface area (Å²) < 4.78 is 0. The van der Waals surface area contributed by atoms with E-state index in [0.717, 1.165) is 12.2 Å². The number of nitrogens with zero attached hydrogens (tertiary/aromatic N) is 2. The molecule has 1 rings (SSSR count). The number of anilines is 2. The number of aromatic nitrogens is 1. The van der Waals surface area contributed by atoms with Gasteiger partial charge in [-0.1, -0.05) is 19.8 Å². The van der Waals surface area contributed by atoms with Crippen LogP contribution in [0.3, 0.4) is 0 Å². The SMILES string of the molecule is CCCCCN(c1cncc(NC)c1)C(C)C. The zero-order valence-electron chi connectivity index (χ0n) is 11.5. The second-order valence-corrected chi connectivity index (χ2v) is 4.68. The minimum atomic E-state index is 0.515. The molecule has 0 aromatic carbocycles.